The predicted octanol–water partition coefficient (Wildman–Crippen LogP) is 2.75. The molecular formula is C19H24N6. The van der Waals surface area contributed by atoms with Crippen LogP contribution in [0.3, 0.4) is 0 Å². The highest BCUT2D eigenvalue weighted by Crippen LogP contribution is 2.21. The lowest BCUT2D eigenvalue weighted by Gasteiger charge is -2.23. The summed E-state index contributed by atoms with van der Waals surface area (Å²) in [5.74, 6) is 1.85. The van der Waals surface area contributed by atoms with E-state index in [1.54, 1.807) is 0 Å². The Bertz CT molecular complexity index is 835. The Morgan fingerprint density at radius 2 is 1.92 bits per heavy atom. The Labute approximate surface area is 148 Å². The first-order chi connectivity index (χ1) is 12.2. The van der Waals surface area contributed by atoms with E-state index in [9.17, 15) is 0 Å². The van der Waals surface area contributed by atoms with E-state index in [4.69, 9.17) is 5.10 Å². The fourth-order valence-corrected chi connectivity index (χ4v) is 3.62. The minimum atomic E-state index is 0.502. The van der Waals surface area contributed by atoms with Crippen LogP contribution in [0, 0.1) is 13.8 Å². The average Bonchev–Trinajstić information content (AvgIpc) is 3.32. The maximum absolute atomic E-state index is 4.75. The summed E-state index contributed by atoms with van der Waals surface area (Å²) in [6, 6.07) is 12.9. The van der Waals surface area contributed by atoms with Crippen molar-refractivity contribution in [1.29, 1.82) is 0 Å². The lowest BCUT2D eigenvalue weighted by atomic mass is 10.2. The van der Waals surface area contributed by atoms with Crippen molar-refractivity contribution in [2.45, 2.75) is 45.8 Å². The molecule has 0 aliphatic carbocycles. The van der Waals surface area contributed by atoms with Gasteiger partial charge in [0.25, 0.3) is 0 Å². The lowest BCUT2D eigenvalue weighted by molar-refractivity contribution is 0.215. The maximum atomic E-state index is 4.75. The van der Waals surface area contributed by atoms with Crippen LogP contribution in [-0.2, 0) is 13.1 Å². The monoisotopic (exact) mass is 336 g/mol. The van der Waals surface area contributed by atoms with Crippen molar-refractivity contribution in [3.05, 3.63) is 59.9 Å². The largest absolute Gasteiger partial charge is 0.293 e. The molecule has 1 fully saturated rings. The van der Waals surface area contributed by atoms with Crippen LogP contribution in [-0.4, -0.2) is 42.0 Å². The highest BCUT2D eigenvalue weighted by molar-refractivity contribution is 5.30. The van der Waals surface area contributed by atoms with E-state index in [1.165, 1.54) is 12.8 Å². The van der Waals surface area contributed by atoms with Crippen LogP contribution in [0.2, 0.25) is 0 Å². The number of benzene rings is 1. The van der Waals surface area contributed by atoms with Gasteiger partial charge in [0, 0.05) is 18.8 Å². The SMILES string of the molecule is Cc1nc(C)n(C[C@@H]2CCCN2Cc2ccn(-c3ccccc3)n2)n1. The minimum absolute atomic E-state index is 0.502. The highest BCUT2D eigenvalue weighted by Gasteiger charge is 2.26. The Morgan fingerprint density at radius 1 is 1.08 bits per heavy atom. The number of aryl methyl sites for hydroxylation is 2. The van der Waals surface area contributed by atoms with Gasteiger partial charge in [0.2, 0.25) is 0 Å². The van der Waals surface area contributed by atoms with E-state index in [2.05, 4.69) is 33.2 Å². The number of likely N-dealkylation sites (tertiary alicyclic amines) is 1. The van der Waals surface area contributed by atoms with Crippen molar-refractivity contribution < 1.29 is 0 Å². The number of hydrogen-bond donors (Lipinski definition) is 0. The molecule has 6 nitrogen and oxygen atoms in total. The van der Waals surface area contributed by atoms with Gasteiger partial charge >= 0.3 is 0 Å². The van der Waals surface area contributed by atoms with Crippen molar-refractivity contribution in [3.63, 3.8) is 0 Å². The molecule has 1 aromatic carbocycles. The molecule has 0 amide bonds. The summed E-state index contributed by atoms with van der Waals surface area (Å²) in [5, 5.41) is 9.27. The number of aromatic nitrogens is 5. The summed E-state index contributed by atoms with van der Waals surface area (Å²) in [5.41, 5.74) is 2.21. The van der Waals surface area contributed by atoms with Gasteiger partial charge in [-0.15, -0.1) is 0 Å². The van der Waals surface area contributed by atoms with Gasteiger partial charge in [-0.1, -0.05) is 18.2 Å². The van der Waals surface area contributed by atoms with Gasteiger partial charge in [-0.05, 0) is 51.4 Å². The molecule has 6 heteroatoms. The molecule has 0 spiro atoms. The fraction of sp³-hybridized carbons (Fsp3) is 0.421. The van der Waals surface area contributed by atoms with Gasteiger partial charge in [-0.2, -0.15) is 10.2 Å². The molecule has 1 saturated heterocycles. The minimum Gasteiger partial charge on any atom is -0.293 e. The van der Waals surface area contributed by atoms with Gasteiger partial charge < -0.3 is 0 Å². The van der Waals surface area contributed by atoms with Crippen LogP contribution in [0.4, 0.5) is 0 Å². The molecule has 0 N–H and O–H groups in total. The molecule has 1 atom stereocenters. The zero-order valence-electron chi connectivity index (χ0n) is 14.8. The Kier molecular flexibility index (Phi) is 4.36. The first-order valence-electron chi connectivity index (χ1n) is 8.91. The third-order valence-corrected chi connectivity index (χ3v) is 4.88. The quantitative estimate of drug-likeness (QED) is 0.719. The van der Waals surface area contributed by atoms with Crippen LogP contribution < -0.4 is 0 Å². The molecule has 4 rings (SSSR count). The summed E-state index contributed by atoms with van der Waals surface area (Å²) >= 11 is 0. The van der Waals surface area contributed by atoms with Crippen molar-refractivity contribution in [2.24, 2.45) is 0 Å². The van der Waals surface area contributed by atoms with Crippen molar-refractivity contribution in [3.8, 4) is 5.69 Å². The molecule has 1 aliphatic heterocycles. The fourth-order valence-electron chi connectivity index (χ4n) is 3.62. The second-order valence-electron chi connectivity index (χ2n) is 6.74. The smallest absolute Gasteiger partial charge is 0.147 e. The number of nitrogens with zero attached hydrogens (tertiary/aromatic N) is 6. The Balaban J connectivity index is 1.45. The molecule has 25 heavy (non-hydrogen) atoms. The van der Waals surface area contributed by atoms with Gasteiger partial charge in [0.1, 0.15) is 11.6 Å². The van der Waals surface area contributed by atoms with Crippen LogP contribution in [0.5, 0.6) is 0 Å². The Hall–Kier alpha value is -2.47. The summed E-state index contributed by atoms with van der Waals surface area (Å²) in [6.45, 7) is 6.89. The van der Waals surface area contributed by atoms with E-state index in [1.807, 2.05) is 47.6 Å². The second kappa shape index (κ2) is 6.80. The lowest BCUT2D eigenvalue weighted by Crippen LogP contribution is -2.33. The summed E-state index contributed by atoms with van der Waals surface area (Å²) in [4.78, 5) is 6.94. The summed E-state index contributed by atoms with van der Waals surface area (Å²) in [6.07, 6.45) is 4.48. The molecule has 0 saturated carbocycles. The second-order valence-corrected chi connectivity index (χ2v) is 6.74. The maximum Gasteiger partial charge on any atom is 0.147 e. The van der Waals surface area contributed by atoms with Gasteiger partial charge in [0.15, 0.2) is 0 Å². The molecule has 3 aromatic rings. The number of hydrogen-bond acceptors (Lipinski definition) is 4. The predicted molar refractivity (Wildman–Crippen MR) is 96.5 cm³/mol. The number of rotatable bonds is 5. The van der Waals surface area contributed by atoms with Gasteiger partial charge in [0.05, 0.1) is 17.9 Å². The van der Waals surface area contributed by atoms with Crippen LogP contribution in [0.15, 0.2) is 42.6 Å². The van der Waals surface area contributed by atoms with E-state index < -0.39 is 0 Å². The van der Waals surface area contributed by atoms with Crippen molar-refractivity contribution >= 4 is 0 Å². The first kappa shape index (κ1) is 16.0. The van der Waals surface area contributed by atoms with Crippen LogP contribution in [0.25, 0.3) is 5.69 Å². The Morgan fingerprint density at radius 3 is 2.68 bits per heavy atom. The van der Waals surface area contributed by atoms with Crippen LogP contribution in [0.1, 0.15) is 30.2 Å². The molecule has 130 valence electrons. The molecule has 0 bridgehead atoms. The average molecular weight is 336 g/mol. The highest BCUT2D eigenvalue weighted by atomic mass is 15.4. The summed E-state index contributed by atoms with van der Waals surface area (Å²) < 4.78 is 3.99. The molecule has 3 heterocycles. The van der Waals surface area contributed by atoms with Gasteiger partial charge in [-0.3, -0.25) is 4.90 Å². The molecule has 2 aromatic heterocycles. The molecule has 1 aliphatic rings. The summed E-state index contributed by atoms with van der Waals surface area (Å²) in [7, 11) is 0. The van der Waals surface area contributed by atoms with Crippen molar-refractivity contribution in [2.75, 3.05) is 6.54 Å². The molecule has 0 unspecified atom stereocenters. The van der Waals surface area contributed by atoms with Crippen molar-refractivity contribution in [1.82, 2.24) is 29.4 Å². The third-order valence-electron chi connectivity index (χ3n) is 4.88. The topological polar surface area (TPSA) is 51.8 Å². The molecular weight excluding hydrogens is 312 g/mol. The number of para-hydroxylation sites is 1. The zero-order valence-corrected chi connectivity index (χ0v) is 14.8. The van der Waals surface area contributed by atoms with E-state index in [-0.39, 0.29) is 0 Å². The van der Waals surface area contributed by atoms with Crippen LogP contribution >= 0.6 is 0 Å². The van der Waals surface area contributed by atoms with E-state index in [0.717, 1.165) is 42.7 Å². The standard InChI is InChI=1S/C19H24N6/c1-15-20-16(2)25(21-15)14-19-9-6-11-23(19)13-17-10-12-24(22-17)18-7-4-3-5-8-18/h3-5,7-8,10,12,19H,6,9,11,13-14H2,1-2H3/t19-/m0/s1. The molecule has 0 radical (unpaired) electrons. The van der Waals surface area contributed by atoms with Gasteiger partial charge in [-0.25, -0.2) is 14.3 Å². The zero-order chi connectivity index (χ0) is 17.2. The van der Waals surface area contributed by atoms with E-state index >= 15 is 0 Å². The normalized spacial score (nSPS) is 18.1. The first-order valence-corrected chi connectivity index (χ1v) is 8.91. The third kappa shape index (κ3) is 3.49. The van der Waals surface area contributed by atoms with E-state index in [0.29, 0.717) is 6.04 Å².